The Kier molecular flexibility index (Phi) is 4.15. The van der Waals surface area contributed by atoms with Crippen LogP contribution in [0, 0.1) is 0 Å². The van der Waals surface area contributed by atoms with Crippen molar-refractivity contribution in [3.05, 3.63) is 60.0 Å². The van der Waals surface area contributed by atoms with Crippen LogP contribution in [-0.2, 0) is 9.47 Å². The van der Waals surface area contributed by atoms with Crippen LogP contribution < -0.4 is 0 Å². The van der Waals surface area contributed by atoms with Gasteiger partial charge in [-0.3, -0.25) is 0 Å². The minimum atomic E-state index is -0.705. The Hall–Kier alpha value is -3.35. The molecule has 0 saturated heterocycles. The second kappa shape index (κ2) is 6.41. The monoisotopic (exact) mass is 326 g/mol. The summed E-state index contributed by atoms with van der Waals surface area (Å²) < 4.78 is 16.3. The fraction of sp³-hybridized carbons (Fsp3) is 0.118. The summed E-state index contributed by atoms with van der Waals surface area (Å²) in [7, 11) is 2.47. The molecule has 0 amide bonds. The number of aromatic nitrogens is 2. The number of hydrogen-bond acceptors (Lipinski definition) is 6. The third-order valence-corrected chi connectivity index (χ3v) is 3.41. The van der Waals surface area contributed by atoms with Crippen LogP contribution >= 0.6 is 0 Å². The Morgan fingerprint density at radius 3 is 2.29 bits per heavy atom. The third-order valence-electron chi connectivity index (χ3n) is 3.41. The molecular formula is C17H14N2O5. The molecule has 0 fully saturated rings. The lowest BCUT2D eigenvalue weighted by molar-refractivity contribution is 0.0549. The van der Waals surface area contributed by atoms with Crippen LogP contribution in [0.3, 0.4) is 0 Å². The molecule has 7 heteroatoms. The van der Waals surface area contributed by atoms with Crippen molar-refractivity contribution in [2.45, 2.75) is 0 Å². The quantitative estimate of drug-likeness (QED) is 0.686. The fourth-order valence-electron chi connectivity index (χ4n) is 2.34. The molecule has 0 N–H and O–H groups in total. The van der Waals surface area contributed by atoms with Crippen molar-refractivity contribution in [2.24, 2.45) is 0 Å². The van der Waals surface area contributed by atoms with Gasteiger partial charge in [0.05, 0.1) is 26.2 Å². The van der Waals surface area contributed by atoms with Crippen molar-refractivity contribution in [1.82, 2.24) is 9.78 Å². The summed E-state index contributed by atoms with van der Waals surface area (Å²) >= 11 is 0. The maximum atomic E-state index is 12.3. The minimum Gasteiger partial charge on any atom is -0.465 e. The van der Waals surface area contributed by atoms with Gasteiger partial charge in [0.15, 0.2) is 11.5 Å². The highest BCUT2D eigenvalue weighted by molar-refractivity contribution is 6.06. The fourth-order valence-corrected chi connectivity index (χ4v) is 2.34. The van der Waals surface area contributed by atoms with Crippen LogP contribution in [0.1, 0.15) is 20.8 Å². The number of para-hydroxylation sites is 1. The molecule has 24 heavy (non-hydrogen) atoms. The minimum absolute atomic E-state index is 0.0110. The maximum absolute atomic E-state index is 12.3. The van der Waals surface area contributed by atoms with Gasteiger partial charge in [0, 0.05) is 0 Å². The Bertz CT molecular complexity index is 866. The second-order valence-corrected chi connectivity index (χ2v) is 4.78. The summed E-state index contributed by atoms with van der Waals surface area (Å²) in [5, 5.41) is 4.38. The lowest BCUT2D eigenvalue weighted by Gasteiger charge is -2.06. The topological polar surface area (TPSA) is 83.6 Å². The van der Waals surface area contributed by atoms with Gasteiger partial charge < -0.3 is 13.9 Å². The van der Waals surface area contributed by atoms with E-state index >= 15 is 0 Å². The normalized spacial score (nSPS) is 10.4. The summed E-state index contributed by atoms with van der Waals surface area (Å²) in [5.74, 6) is -1.07. The van der Waals surface area contributed by atoms with Gasteiger partial charge in [0.1, 0.15) is 11.3 Å². The molecule has 0 aliphatic carbocycles. The molecule has 0 unspecified atom stereocenters. The molecule has 3 rings (SSSR count). The molecule has 7 nitrogen and oxygen atoms in total. The number of hydrogen-bond donors (Lipinski definition) is 0. The molecule has 3 aromatic rings. The van der Waals surface area contributed by atoms with Crippen LogP contribution in [-0.4, -0.2) is 35.9 Å². The molecule has 0 aliphatic heterocycles. The first kappa shape index (κ1) is 15.5. The predicted octanol–water partition coefficient (Wildman–Crippen LogP) is 2.71. The van der Waals surface area contributed by atoms with E-state index in [1.165, 1.54) is 25.2 Å². The van der Waals surface area contributed by atoms with Gasteiger partial charge in [-0.25, -0.2) is 14.3 Å². The maximum Gasteiger partial charge on any atom is 0.357 e. The number of methoxy groups -OCH3 is 2. The zero-order valence-electron chi connectivity index (χ0n) is 13.1. The van der Waals surface area contributed by atoms with Crippen molar-refractivity contribution in [2.75, 3.05) is 14.2 Å². The van der Waals surface area contributed by atoms with E-state index in [0.29, 0.717) is 11.4 Å². The second-order valence-electron chi connectivity index (χ2n) is 4.78. The molecule has 0 aliphatic rings. The Balaban J connectivity index is 2.33. The zero-order valence-corrected chi connectivity index (χ0v) is 13.1. The van der Waals surface area contributed by atoms with E-state index in [1.54, 1.807) is 36.4 Å². The lowest BCUT2D eigenvalue weighted by atomic mass is 10.1. The molecule has 0 atom stereocenters. The lowest BCUT2D eigenvalue weighted by Crippen LogP contribution is -2.15. The van der Waals surface area contributed by atoms with E-state index in [4.69, 9.17) is 13.9 Å². The van der Waals surface area contributed by atoms with Crippen molar-refractivity contribution < 1.29 is 23.5 Å². The zero-order chi connectivity index (χ0) is 17.1. The molecule has 2 heterocycles. The van der Waals surface area contributed by atoms with Crippen LogP contribution in [0.2, 0.25) is 0 Å². The van der Waals surface area contributed by atoms with Crippen LogP contribution in [0.4, 0.5) is 0 Å². The summed E-state index contributed by atoms with van der Waals surface area (Å²) in [4.78, 5) is 24.6. The van der Waals surface area contributed by atoms with E-state index in [1.807, 2.05) is 6.07 Å². The van der Waals surface area contributed by atoms with Gasteiger partial charge in [0.2, 0.25) is 0 Å². The number of nitrogens with zero attached hydrogens (tertiary/aromatic N) is 2. The summed E-state index contributed by atoms with van der Waals surface area (Å²) in [5.41, 5.74) is 0.766. The van der Waals surface area contributed by atoms with Crippen molar-refractivity contribution >= 4 is 11.9 Å². The Morgan fingerprint density at radius 1 is 1.00 bits per heavy atom. The number of furan rings is 1. The first-order valence-corrected chi connectivity index (χ1v) is 7.06. The van der Waals surface area contributed by atoms with Gasteiger partial charge >= 0.3 is 11.9 Å². The van der Waals surface area contributed by atoms with Gasteiger partial charge in [-0.1, -0.05) is 18.2 Å². The van der Waals surface area contributed by atoms with E-state index in [0.717, 1.165) is 0 Å². The smallest absolute Gasteiger partial charge is 0.357 e. The number of esters is 2. The molecule has 0 saturated carbocycles. The third kappa shape index (κ3) is 2.56. The largest absolute Gasteiger partial charge is 0.465 e. The molecule has 1 aromatic carbocycles. The molecule has 0 radical (unpaired) electrons. The number of ether oxygens (including phenoxy) is 2. The molecule has 0 spiro atoms. The van der Waals surface area contributed by atoms with Gasteiger partial charge in [0.25, 0.3) is 0 Å². The number of rotatable bonds is 4. The average Bonchev–Trinajstić information content (AvgIpc) is 3.28. The molecule has 0 bridgehead atoms. The summed E-state index contributed by atoms with van der Waals surface area (Å²) in [6, 6.07) is 12.2. The summed E-state index contributed by atoms with van der Waals surface area (Å²) in [6.07, 6.45) is 1.45. The van der Waals surface area contributed by atoms with Crippen LogP contribution in [0.5, 0.6) is 0 Å². The van der Waals surface area contributed by atoms with E-state index in [2.05, 4.69) is 5.10 Å². The average molecular weight is 326 g/mol. The first-order valence-electron chi connectivity index (χ1n) is 7.06. The highest BCUT2D eigenvalue weighted by Crippen LogP contribution is 2.29. The molecular weight excluding hydrogens is 312 g/mol. The number of carbonyl (C=O) groups excluding carboxylic acids is 2. The van der Waals surface area contributed by atoms with Crippen LogP contribution in [0.15, 0.2) is 53.1 Å². The van der Waals surface area contributed by atoms with Crippen molar-refractivity contribution in [1.29, 1.82) is 0 Å². The van der Waals surface area contributed by atoms with Gasteiger partial charge in [-0.2, -0.15) is 5.10 Å². The van der Waals surface area contributed by atoms with Crippen molar-refractivity contribution in [3.8, 4) is 17.1 Å². The highest BCUT2D eigenvalue weighted by atomic mass is 16.5. The van der Waals surface area contributed by atoms with Crippen LogP contribution in [0.25, 0.3) is 17.1 Å². The van der Waals surface area contributed by atoms with E-state index in [9.17, 15) is 9.59 Å². The van der Waals surface area contributed by atoms with E-state index < -0.39 is 11.9 Å². The SMILES string of the molecule is COC(=O)c1c(-c2ccco2)nn(-c2ccccc2)c1C(=O)OC. The van der Waals surface area contributed by atoms with E-state index in [-0.39, 0.29) is 17.0 Å². The molecule has 2 aromatic heterocycles. The number of carbonyl (C=O) groups is 2. The van der Waals surface area contributed by atoms with Gasteiger partial charge in [-0.15, -0.1) is 0 Å². The highest BCUT2D eigenvalue weighted by Gasteiger charge is 2.32. The van der Waals surface area contributed by atoms with Crippen molar-refractivity contribution in [3.63, 3.8) is 0 Å². The summed E-state index contributed by atoms with van der Waals surface area (Å²) in [6.45, 7) is 0. The first-order chi connectivity index (χ1) is 11.7. The molecule has 122 valence electrons. The Labute approximate surface area is 137 Å². The predicted molar refractivity (Wildman–Crippen MR) is 83.9 cm³/mol. The standard InChI is InChI=1S/C17H14N2O5/c1-22-16(20)13-14(12-9-6-10-24-12)18-19(15(13)17(21)23-2)11-7-4-3-5-8-11/h3-10H,1-2H3. The van der Waals surface area contributed by atoms with Gasteiger partial charge in [-0.05, 0) is 24.3 Å². The number of benzene rings is 1. The Morgan fingerprint density at radius 2 is 1.71 bits per heavy atom.